The summed E-state index contributed by atoms with van der Waals surface area (Å²) in [5, 5.41) is 21.0. The van der Waals surface area contributed by atoms with Gasteiger partial charge in [0.05, 0.1) is 6.10 Å². The van der Waals surface area contributed by atoms with E-state index in [9.17, 15) is 9.90 Å². The summed E-state index contributed by atoms with van der Waals surface area (Å²) >= 11 is 0. The number of halogens is 2. The van der Waals surface area contributed by atoms with E-state index < -0.39 is 6.10 Å². The molecule has 1 unspecified atom stereocenters. The van der Waals surface area contributed by atoms with Crippen molar-refractivity contribution in [2.75, 3.05) is 39.3 Å². The second-order valence-electron chi connectivity index (χ2n) is 6.98. The number of fused-ring (bicyclic) bond motifs is 1. The molecule has 0 bridgehead atoms. The molecule has 1 amide bonds. The minimum absolute atomic E-state index is 0. The topological polar surface area (TPSA) is 84.5 Å². The van der Waals surface area contributed by atoms with E-state index in [1.807, 2.05) is 35.2 Å². The standard InChI is InChI=1S/C19H25N5O2.2ClH/c25-17(14-4-2-1-3-5-14)13-23-8-10-24(11-9-23)19(26)18-15-12-20-7-6-16(15)21-22-18;;/h1-5,17,20,25H,6-13H2,(H,21,22);2*1H. The minimum Gasteiger partial charge on any atom is -0.387 e. The van der Waals surface area contributed by atoms with Crippen molar-refractivity contribution in [2.24, 2.45) is 0 Å². The first-order valence-electron chi connectivity index (χ1n) is 9.24. The summed E-state index contributed by atoms with van der Waals surface area (Å²) in [4.78, 5) is 16.9. The van der Waals surface area contributed by atoms with Gasteiger partial charge in [-0.05, 0) is 5.56 Å². The van der Waals surface area contributed by atoms with Gasteiger partial charge in [0.25, 0.3) is 5.91 Å². The van der Waals surface area contributed by atoms with E-state index in [-0.39, 0.29) is 30.7 Å². The number of nitrogens with one attached hydrogen (secondary N) is 2. The number of hydrogen-bond donors (Lipinski definition) is 3. The number of benzene rings is 1. The van der Waals surface area contributed by atoms with Crippen molar-refractivity contribution in [1.29, 1.82) is 0 Å². The number of aromatic nitrogens is 2. The zero-order valence-corrected chi connectivity index (χ0v) is 17.3. The van der Waals surface area contributed by atoms with Gasteiger partial charge in [-0.15, -0.1) is 24.8 Å². The highest BCUT2D eigenvalue weighted by Gasteiger charge is 2.28. The Morgan fingerprint density at radius 2 is 1.86 bits per heavy atom. The fourth-order valence-corrected chi connectivity index (χ4v) is 3.71. The third-order valence-corrected chi connectivity index (χ3v) is 5.28. The number of hydrogen-bond acceptors (Lipinski definition) is 5. The van der Waals surface area contributed by atoms with Crippen LogP contribution < -0.4 is 5.32 Å². The van der Waals surface area contributed by atoms with Crippen LogP contribution in [0.4, 0.5) is 0 Å². The van der Waals surface area contributed by atoms with Gasteiger partial charge in [0.1, 0.15) is 0 Å². The fourth-order valence-electron chi connectivity index (χ4n) is 3.71. The molecule has 154 valence electrons. The minimum atomic E-state index is -0.497. The molecule has 0 aliphatic carbocycles. The van der Waals surface area contributed by atoms with Crippen LogP contribution in [0.3, 0.4) is 0 Å². The first kappa shape index (κ1) is 22.6. The number of aliphatic hydroxyl groups excluding tert-OH is 1. The Labute approximate surface area is 177 Å². The van der Waals surface area contributed by atoms with Crippen molar-refractivity contribution in [3.05, 3.63) is 52.8 Å². The number of amides is 1. The first-order chi connectivity index (χ1) is 12.7. The van der Waals surface area contributed by atoms with Crippen molar-refractivity contribution >= 4 is 30.7 Å². The molecule has 0 spiro atoms. The SMILES string of the molecule is Cl.Cl.O=C(c1n[nH]c2c1CNCC2)N1CCN(CC(O)c2ccccc2)CC1. The van der Waals surface area contributed by atoms with E-state index in [0.717, 1.165) is 42.9 Å². The Kier molecular flexibility index (Phi) is 8.27. The molecular weight excluding hydrogens is 401 g/mol. The highest BCUT2D eigenvalue weighted by atomic mass is 35.5. The van der Waals surface area contributed by atoms with Gasteiger partial charge in [-0.25, -0.2) is 0 Å². The molecule has 0 radical (unpaired) electrons. The van der Waals surface area contributed by atoms with Crippen molar-refractivity contribution < 1.29 is 9.90 Å². The largest absolute Gasteiger partial charge is 0.387 e. The van der Waals surface area contributed by atoms with Gasteiger partial charge in [-0.3, -0.25) is 14.8 Å². The summed E-state index contributed by atoms with van der Waals surface area (Å²) in [6.07, 6.45) is 0.392. The van der Waals surface area contributed by atoms with Crippen LogP contribution in [0.1, 0.15) is 33.4 Å². The monoisotopic (exact) mass is 427 g/mol. The second-order valence-corrected chi connectivity index (χ2v) is 6.98. The molecule has 2 aromatic rings. The average Bonchev–Trinajstić information content (AvgIpc) is 3.13. The molecule has 1 atom stereocenters. The normalized spacial score (nSPS) is 17.8. The first-order valence-corrected chi connectivity index (χ1v) is 9.24. The van der Waals surface area contributed by atoms with Crippen LogP contribution >= 0.6 is 24.8 Å². The van der Waals surface area contributed by atoms with Gasteiger partial charge >= 0.3 is 0 Å². The molecule has 1 fully saturated rings. The van der Waals surface area contributed by atoms with Gasteiger partial charge in [0.2, 0.25) is 0 Å². The number of H-pyrrole nitrogens is 1. The quantitative estimate of drug-likeness (QED) is 0.686. The molecular formula is C19H27Cl2N5O2. The number of rotatable bonds is 4. The molecule has 2 aliphatic rings. The lowest BCUT2D eigenvalue weighted by atomic mass is 10.1. The number of aliphatic hydroxyl groups is 1. The molecule has 4 rings (SSSR count). The number of piperazine rings is 1. The van der Waals surface area contributed by atoms with Crippen molar-refractivity contribution in [3.8, 4) is 0 Å². The van der Waals surface area contributed by atoms with Gasteiger partial charge in [-0.2, -0.15) is 5.10 Å². The number of carbonyl (C=O) groups is 1. The third-order valence-electron chi connectivity index (χ3n) is 5.28. The van der Waals surface area contributed by atoms with Crippen LogP contribution in [0.25, 0.3) is 0 Å². The number of nitrogens with zero attached hydrogens (tertiary/aromatic N) is 3. The summed E-state index contributed by atoms with van der Waals surface area (Å²) in [6, 6.07) is 9.71. The second kappa shape index (κ2) is 10.2. The predicted octanol–water partition coefficient (Wildman–Crippen LogP) is 1.39. The van der Waals surface area contributed by atoms with Gasteiger partial charge < -0.3 is 15.3 Å². The lowest BCUT2D eigenvalue weighted by Gasteiger charge is -2.35. The number of carbonyl (C=O) groups excluding carboxylic acids is 1. The highest BCUT2D eigenvalue weighted by Crippen LogP contribution is 2.19. The smallest absolute Gasteiger partial charge is 0.274 e. The van der Waals surface area contributed by atoms with Crippen molar-refractivity contribution in [2.45, 2.75) is 19.1 Å². The van der Waals surface area contributed by atoms with Crippen LogP contribution in [0.2, 0.25) is 0 Å². The molecule has 3 N–H and O–H groups in total. The van der Waals surface area contributed by atoms with E-state index in [4.69, 9.17) is 0 Å². The average molecular weight is 428 g/mol. The molecule has 1 aromatic carbocycles. The predicted molar refractivity (Wildman–Crippen MR) is 112 cm³/mol. The summed E-state index contributed by atoms with van der Waals surface area (Å²) in [5.41, 5.74) is 3.59. The lowest BCUT2D eigenvalue weighted by Crippen LogP contribution is -2.49. The molecule has 2 aliphatic heterocycles. The molecule has 3 heterocycles. The molecule has 7 nitrogen and oxygen atoms in total. The van der Waals surface area contributed by atoms with Crippen LogP contribution in [0.5, 0.6) is 0 Å². The van der Waals surface area contributed by atoms with E-state index in [0.29, 0.717) is 31.9 Å². The van der Waals surface area contributed by atoms with Gasteiger partial charge in [0.15, 0.2) is 5.69 Å². The van der Waals surface area contributed by atoms with Crippen molar-refractivity contribution in [3.63, 3.8) is 0 Å². The third kappa shape index (κ3) is 4.85. The number of β-amino-alcohol motifs (C(OH)–C–C–N with tert-alkyl or cyclic N) is 1. The van der Waals surface area contributed by atoms with E-state index >= 15 is 0 Å². The Morgan fingerprint density at radius 3 is 2.57 bits per heavy atom. The lowest BCUT2D eigenvalue weighted by molar-refractivity contribution is 0.0522. The summed E-state index contributed by atoms with van der Waals surface area (Å²) in [5.74, 6) is 0.00876. The summed E-state index contributed by atoms with van der Waals surface area (Å²) in [7, 11) is 0. The zero-order valence-electron chi connectivity index (χ0n) is 15.6. The van der Waals surface area contributed by atoms with Gasteiger partial charge in [0, 0.05) is 63.5 Å². The van der Waals surface area contributed by atoms with Crippen LogP contribution in [0, 0.1) is 0 Å². The summed E-state index contributed by atoms with van der Waals surface area (Å²) < 4.78 is 0. The maximum Gasteiger partial charge on any atom is 0.274 e. The summed E-state index contributed by atoms with van der Waals surface area (Å²) in [6.45, 7) is 5.07. The fraction of sp³-hybridized carbons (Fsp3) is 0.474. The Bertz CT molecular complexity index is 763. The molecule has 0 saturated carbocycles. The maximum atomic E-state index is 12.8. The Hall–Kier alpha value is -1.64. The van der Waals surface area contributed by atoms with E-state index in [1.165, 1.54) is 0 Å². The van der Waals surface area contributed by atoms with Crippen LogP contribution in [-0.2, 0) is 13.0 Å². The number of aromatic amines is 1. The molecule has 1 aromatic heterocycles. The molecule has 1 saturated heterocycles. The van der Waals surface area contributed by atoms with E-state index in [2.05, 4.69) is 20.4 Å². The molecule has 28 heavy (non-hydrogen) atoms. The van der Waals surface area contributed by atoms with Gasteiger partial charge in [-0.1, -0.05) is 30.3 Å². The van der Waals surface area contributed by atoms with E-state index in [1.54, 1.807) is 0 Å². The van der Waals surface area contributed by atoms with Crippen LogP contribution in [-0.4, -0.2) is 70.3 Å². The Morgan fingerprint density at radius 1 is 1.14 bits per heavy atom. The highest BCUT2D eigenvalue weighted by molar-refractivity contribution is 5.94. The maximum absolute atomic E-state index is 12.8. The van der Waals surface area contributed by atoms with Crippen LogP contribution in [0.15, 0.2) is 30.3 Å². The molecule has 9 heteroatoms. The van der Waals surface area contributed by atoms with Crippen molar-refractivity contribution in [1.82, 2.24) is 25.3 Å². The zero-order chi connectivity index (χ0) is 17.9. The Balaban J connectivity index is 0.00000140.